The summed E-state index contributed by atoms with van der Waals surface area (Å²) in [4.78, 5) is 14.0. The first-order valence-electron chi connectivity index (χ1n) is 5.21. The van der Waals surface area contributed by atoms with Gasteiger partial charge in [-0.25, -0.2) is 0 Å². The van der Waals surface area contributed by atoms with Crippen LogP contribution in [0.1, 0.15) is 29.2 Å². The molecule has 1 aromatic rings. The molecule has 1 aromatic heterocycles. The van der Waals surface area contributed by atoms with Crippen molar-refractivity contribution >= 4 is 17.3 Å². The van der Waals surface area contributed by atoms with Crippen molar-refractivity contribution in [3.63, 3.8) is 0 Å². The summed E-state index contributed by atoms with van der Waals surface area (Å²) in [5.41, 5.74) is 6.68. The molecule has 0 aliphatic heterocycles. The van der Waals surface area contributed by atoms with Crippen LogP contribution in [0.4, 0.5) is 0 Å². The van der Waals surface area contributed by atoms with Crippen LogP contribution in [-0.4, -0.2) is 19.1 Å². The number of rotatable bonds is 3. The van der Waals surface area contributed by atoms with Gasteiger partial charge in [0.25, 0.3) is 0 Å². The Labute approximate surface area is 101 Å². The van der Waals surface area contributed by atoms with Crippen LogP contribution in [0.25, 0.3) is 0 Å². The van der Waals surface area contributed by atoms with Crippen LogP contribution >= 0.6 is 11.3 Å². The fraction of sp³-hybridized carbons (Fsp3) is 0.583. The van der Waals surface area contributed by atoms with Gasteiger partial charge in [-0.3, -0.25) is 4.79 Å². The van der Waals surface area contributed by atoms with Gasteiger partial charge in [0.2, 0.25) is 0 Å². The smallest absolute Gasteiger partial charge is 0.323 e. The molecule has 0 fully saturated rings. The second-order valence-electron chi connectivity index (χ2n) is 4.55. The third kappa shape index (κ3) is 2.28. The number of nitrogens with two attached hydrogens (primary N) is 1. The minimum absolute atomic E-state index is 0.367. The minimum atomic E-state index is -0.634. The predicted octanol–water partition coefficient (Wildman–Crippen LogP) is 2.14. The van der Waals surface area contributed by atoms with Crippen LogP contribution in [0.5, 0.6) is 0 Å². The molecule has 1 atom stereocenters. The maximum atomic E-state index is 11.5. The third-order valence-corrected chi connectivity index (χ3v) is 3.93. The Hall–Kier alpha value is -0.870. The lowest BCUT2D eigenvalue weighted by molar-refractivity contribution is -0.143. The van der Waals surface area contributed by atoms with Gasteiger partial charge in [0, 0.05) is 15.2 Å². The zero-order valence-corrected chi connectivity index (χ0v) is 11.3. The molecular formula is C12H19NO2S. The molecule has 1 unspecified atom stereocenters. The van der Waals surface area contributed by atoms with Gasteiger partial charge in [-0.05, 0) is 25.5 Å². The molecule has 0 amide bonds. The molecule has 90 valence electrons. The Morgan fingerprint density at radius 3 is 2.44 bits per heavy atom. The molecule has 0 radical (unpaired) electrons. The molecule has 1 rings (SSSR count). The number of methoxy groups -OCH3 is 1. The van der Waals surface area contributed by atoms with E-state index in [1.807, 2.05) is 13.8 Å². The fourth-order valence-corrected chi connectivity index (χ4v) is 2.95. The zero-order valence-electron chi connectivity index (χ0n) is 10.5. The maximum absolute atomic E-state index is 11.5. The highest BCUT2D eigenvalue weighted by atomic mass is 32.1. The maximum Gasteiger partial charge on any atom is 0.323 e. The first-order valence-corrected chi connectivity index (χ1v) is 6.03. The van der Waals surface area contributed by atoms with Crippen molar-refractivity contribution < 1.29 is 9.53 Å². The van der Waals surface area contributed by atoms with Crippen molar-refractivity contribution in [2.75, 3.05) is 7.11 Å². The van der Waals surface area contributed by atoms with Crippen LogP contribution in [-0.2, 0) is 14.9 Å². The van der Waals surface area contributed by atoms with Gasteiger partial charge < -0.3 is 10.5 Å². The summed E-state index contributed by atoms with van der Waals surface area (Å²) in [6.45, 7) is 8.06. The SMILES string of the molecule is COC(=O)C(N)C(C)(C)c1cc(C)sc1C. The van der Waals surface area contributed by atoms with E-state index in [1.165, 1.54) is 16.9 Å². The van der Waals surface area contributed by atoms with E-state index >= 15 is 0 Å². The van der Waals surface area contributed by atoms with Gasteiger partial charge in [-0.2, -0.15) is 0 Å². The first kappa shape index (κ1) is 13.2. The molecule has 0 saturated carbocycles. The number of thiophene rings is 1. The van der Waals surface area contributed by atoms with Crippen LogP contribution in [0, 0.1) is 13.8 Å². The molecule has 0 aliphatic carbocycles. The van der Waals surface area contributed by atoms with Crippen LogP contribution in [0.15, 0.2) is 6.07 Å². The number of carbonyl (C=O) groups is 1. The summed E-state index contributed by atoms with van der Waals surface area (Å²) >= 11 is 1.73. The van der Waals surface area contributed by atoms with Crippen molar-refractivity contribution in [3.8, 4) is 0 Å². The molecular weight excluding hydrogens is 222 g/mol. The predicted molar refractivity (Wildman–Crippen MR) is 66.8 cm³/mol. The highest BCUT2D eigenvalue weighted by molar-refractivity contribution is 7.12. The Morgan fingerprint density at radius 1 is 1.50 bits per heavy atom. The number of carbonyl (C=O) groups excluding carboxylic acids is 1. The van der Waals surface area contributed by atoms with Crippen molar-refractivity contribution in [1.29, 1.82) is 0 Å². The van der Waals surface area contributed by atoms with Crippen molar-refractivity contribution in [3.05, 3.63) is 21.4 Å². The van der Waals surface area contributed by atoms with E-state index in [2.05, 4.69) is 19.9 Å². The van der Waals surface area contributed by atoms with Gasteiger partial charge in [0.1, 0.15) is 6.04 Å². The lowest BCUT2D eigenvalue weighted by atomic mass is 9.78. The third-order valence-electron chi connectivity index (χ3n) is 2.97. The molecule has 2 N–H and O–H groups in total. The summed E-state index contributed by atoms with van der Waals surface area (Å²) in [6, 6.07) is 1.47. The standard InChI is InChI=1S/C12H19NO2S/c1-7-6-9(8(2)16-7)12(3,4)10(13)11(14)15-5/h6,10H,13H2,1-5H3. The van der Waals surface area contributed by atoms with E-state index in [0.29, 0.717) is 0 Å². The molecule has 0 spiro atoms. The van der Waals surface area contributed by atoms with E-state index in [1.54, 1.807) is 11.3 Å². The van der Waals surface area contributed by atoms with Crippen molar-refractivity contribution in [1.82, 2.24) is 0 Å². The highest BCUT2D eigenvalue weighted by Gasteiger charge is 2.36. The number of hydrogen-bond acceptors (Lipinski definition) is 4. The van der Waals surface area contributed by atoms with Crippen LogP contribution < -0.4 is 5.73 Å². The largest absolute Gasteiger partial charge is 0.468 e. The molecule has 0 saturated heterocycles. The highest BCUT2D eigenvalue weighted by Crippen LogP contribution is 2.34. The number of esters is 1. The van der Waals surface area contributed by atoms with Gasteiger partial charge in [-0.15, -0.1) is 11.3 Å². The quantitative estimate of drug-likeness (QED) is 0.825. The number of hydrogen-bond donors (Lipinski definition) is 1. The van der Waals surface area contributed by atoms with Crippen molar-refractivity contribution in [2.45, 2.75) is 39.2 Å². The monoisotopic (exact) mass is 241 g/mol. The van der Waals surface area contributed by atoms with E-state index in [0.717, 1.165) is 5.56 Å². The second-order valence-corrected chi connectivity index (χ2v) is 6.01. The van der Waals surface area contributed by atoms with Gasteiger partial charge in [-0.1, -0.05) is 13.8 Å². The van der Waals surface area contributed by atoms with Gasteiger partial charge in [0.05, 0.1) is 7.11 Å². The fourth-order valence-electron chi connectivity index (χ4n) is 1.86. The van der Waals surface area contributed by atoms with Crippen LogP contribution in [0.3, 0.4) is 0 Å². The van der Waals surface area contributed by atoms with E-state index < -0.39 is 11.5 Å². The van der Waals surface area contributed by atoms with E-state index in [9.17, 15) is 4.79 Å². The Kier molecular flexibility index (Phi) is 3.76. The number of ether oxygens (including phenoxy) is 1. The Bertz CT molecular complexity index is 396. The molecule has 1 heterocycles. The summed E-state index contributed by atoms with van der Waals surface area (Å²) in [6.07, 6.45) is 0. The minimum Gasteiger partial charge on any atom is -0.468 e. The zero-order chi connectivity index (χ0) is 12.5. The lowest BCUT2D eigenvalue weighted by Gasteiger charge is -2.29. The second kappa shape index (κ2) is 4.55. The summed E-state index contributed by atoms with van der Waals surface area (Å²) in [5.74, 6) is -0.367. The molecule has 0 aliphatic rings. The summed E-state index contributed by atoms with van der Waals surface area (Å²) < 4.78 is 4.71. The molecule has 3 nitrogen and oxygen atoms in total. The van der Waals surface area contributed by atoms with Gasteiger partial charge >= 0.3 is 5.97 Å². The van der Waals surface area contributed by atoms with Crippen LogP contribution in [0.2, 0.25) is 0 Å². The number of aryl methyl sites for hydroxylation is 2. The Balaban J connectivity index is 3.10. The van der Waals surface area contributed by atoms with Crippen molar-refractivity contribution in [2.24, 2.45) is 5.73 Å². The van der Waals surface area contributed by atoms with E-state index in [-0.39, 0.29) is 5.97 Å². The molecule has 16 heavy (non-hydrogen) atoms. The summed E-state index contributed by atoms with van der Waals surface area (Å²) in [7, 11) is 1.37. The average molecular weight is 241 g/mol. The summed E-state index contributed by atoms with van der Waals surface area (Å²) in [5, 5.41) is 0. The normalized spacial score (nSPS) is 13.6. The molecule has 0 aromatic carbocycles. The van der Waals surface area contributed by atoms with Gasteiger partial charge in [0.15, 0.2) is 0 Å². The lowest BCUT2D eigenvalue weighted by Crippen LogP contribution is -2.47. The first-order chi connectivity index (χ1) is 7.30. The molecule has 4 heteroatoms. The van der Waals surface area contributed by atoms with E-state index in [4.69, 9.17) is 10.5 Å². The Morgan fingerprint density at radius 2 is 2.06 bits per heavy atom. The topological polar surface area (TPSA) is 52.3 Å². The molecule has 0 bridgehead atoms. The average Bonchev–Trinajstić information content (AvgIpc) is 2.56.